The van der Waals surface area contributed by atoms with E-state index in [0.29, 0.717) is 32.0 Å². The van der Waals surface area contributed by atoms with Gasteiger partial charge in [0.05, 0.1) is 13.2 Å². The first-order chi connectivity index (χ1) is 9.26. The second-order valence-electron chi connectivity index (χ2n) is 4.48. The van der Waals surface area contributed by atoms with Crippen LogP contribution in [0, 0.1) is 0 Å². The highest BCUT2D eigenvalue weighted by atomic mass is 16.5. The third kappa shape index (κ3) is 3.23. The molecule has 5 nitrogen and oxygen atoms in total. The summed E-state index contributed by atoms with van der Waals surface area (Å²) >= 11 is 0. The minimum atomic E-state index is -0.00249. The van der Waals surface area contributed by atoms with Crippen LogP contribution in [0.25, 0.3) is 0 Å². The number of carbonyl (C=O) groups is 1. The molecule has 0 spiro atoms. The van der Waals surface area contributed by atoms with Gasteiger partial charge >= 0.3 is 0 Å². The van der Waals surface area contributed by atoms with Crippen molar-refractivity contribution in [1.82, 2.24) is 9.88 Å². The zero-order chi connectivity index (χ0) is 13.7. The lowest BCUT2D eigenvalue weighted by Crippen LogP contribution is -2.41. The molecule has 104 valence electrons. The number of amides is 1. The molecule has 0 unspecified atom stereocenters. The molecule has 2 rings (SSSR count). The number of hydrogen-bond donors (Lipinski definition) is 0. The van der Waals surface area contributed by atoms with Gasteiger partial charge in [0.2, 0.25) is 0 Å². The highest BCUT2D eigenvalue weighted by Gasteiger charge is 2.20. The summed E-state index contributed by atoms with van der Waals surface area (Å²) in [5, 5.41) is 0. The van der Waals surface area contributed by atoms with Crippen molar-refractivity contribution in [1.29, 1.82) is 0 Å². The SMILES string of the molecule is CCN(CC)c1ccnc(C(=O)N2CCOCC2)c1. The van der Waals surface area contributed by atoms with E-state index in [1.165, 1.54) is 0 Å². The molecule has 1 aliphatic rings. The number of nitrogens with zero attached hydrogens (tertiary/aromatic N) is 3. The average molecular weight is 263 g/mol. The van der Waals surface area contributed by atoms with Gasteiger partial charge in [-0.25, -0.2) is 0 Å². The molecule has 1 amide bonds. The van der Waals surface area contributed by atoms with Gasteiger partial charge in [0.25, 0.3) is 5.91 Å². The van der Waals surface area contributed by atoms with E-state index >= 15 is 0 Å². The van der Waals surface area contributed by atoms with Crippen molar-refractivity contribution in [2.75, 3.05) is 44.3 Å². The molecule has 0 bridgehead atoms. The van der Waals surface area contributed by atoms with Gasteiger partial charge in [-0.3, -0.25) is 9.78 Å². The molecule has 1 fully saturated rings. The second kappa shape index (κ2) is 6.52. The fourth-order valence-electron chi connectivity index (χ4n) is 2.25. The van der Waals surface area contributed by atoms with Crippen molar-refractivity contribution < 1.29 is 9.53 Å². The topological polar surface area (TPSA) is 45.7 Å². The molecule has 1 aromatic rings. The number of pyridine rings is 1. The van der Waals surface area contributed by atoms with Crippen LogP contribution in [0.15, 0.2) is 18.3 Å². The predicted molar refractivity (Wildman–Crippen MR) is 74.5 cm³/mol. The van der Waals surface area contributed by atoms with Gasteiger partial charge in [0.1, 0.15) is 5.69 Å². The van der Waals surface area contributed by atoms with Crippen LogP contribution in [0.2, 0.25) is 0 Å². The molecule has 2 heterocycles. The van der Waals surface area contributed by atoms with E-state index in [2.05, 4.69) is 23.7 Å². The summed E-state index contributed by atoms with van der Waals surface area (Å²) in [5.74, 6) is -0.00249. The van der Waals surface area contributed by atoms with Crippen molar-refractivity contribution in [3.05, 3.63) is 24.0 Å². The minimum Gasteiger partial charge on any atom is -0.378 e. The van der Waals surface area contributed by atoms with Crippen LogP contribution in [0.3, 0.4) is 0 Å². The van der Waals surface area contributed by atoms with Crippen LogP contribution in [-0.4, -0.2) is 55.2 Å². The van der Waals surface area contributed by atoms with E-state index < -0.39 is 0 Å². The third-order valence-corrected chi connectivity index (χ3v) is 3.39. The molecule has 0 saturated carbocycles. The Morgan fingerprint density at radius 2 is 2.05 bits per heavy atom. The van der Waals surface area contributed by atoms with E-state index in [4.69, 9.17) is 4.74 Å². The number of carbonyl (C=O) groups excluding carboxylic acids is 1. The van der Waals surface area contributed by atoms with Crippen molar-refractivity contribution in [2.45, 2.75) is 13.8 Å². The highest BCUT2D eigenvalue weighted by Crippen LogP contribution is 2.15. The van der Waals surface area contributed by atoms with Crippen molar-refractivity contribution in [3.63, 3.8) is 0 Å². The van der Waals surface area contributed by atoms with Crippen molar-refractivity contribution in [2.24, 2.45) is 0 Å². The highest BCUT2D eigenvalue weighted by molar-refractivity contribution is 5.93. The Balaban J connectivity index is 2.15. The Hall–Kier alpha value is -1.62. The summed E-state index contributed by atoms with van der Waals surface area (Å²) in [6.45, 7) is 8.58. The molecule has 0 atom stereocenters. The molecule has 1 saturated heterocycles. The smallest absolute Gasteiger partial charge is 0.272 e. The van der Waals surface area contributed by atoms with E-state index in [1.54, 1.807) is 11.1 Å². The quantitative estimate of drug-likeness (QED) is 0.824. The number of rotatable bonds is 4. The molecule has 0 aromatic carbocycles. The van der Waals surface area contributed by atoms with Gasteiger partial charge in [0, 0.05) is 38.1 Å². The van der Waals surface area contributed by atoms with Crippen LogP contribution >= 0.6 is 0 Å². The molecule has 5 heteroatoms. The van der Waals surface area contributed by atoms with Crippen molar-refractivity contribution in [3.8, 4) is 0 Å². The Morgan fingerprint density at radius 1 is 1.37 bits per heavy atom. The number of ether oxygens (including phenoxy) is 1. The molecule has 1 aromatic heterocycles. The van der Waals surface area contributed by atoms with Gasteiger partial charge in [-0.2, -0.15) is 0 Å². The largest absolute Gasteiger partial charge is 0.378 e. The van der Waals surface area contributed by atoms with E-state index in [-0.39, 0.29) is 5.91 Å². The Labute approximate surface area is 114 Å². The Morgan fingerprint density at radius 3 is 2.68 bits per heavy atom. The summed E-state index contributed by atoms with van der Waals surface area (Å²) < 4.78 is 5.26. The first-order valence-electron chi connectivity index (χ1n) is 6.84. The normalized spacial score (nSPS) is 15.4. The van der Waals surface area contributed by atoms with Gasteiger partial charge in [-0.05, 0) is 26.0 Å². The Kier molecular flexibility index (Phi) is 4.74. The summed E-state index contributed by atoms with van der Waals surface area (Å²) in [5.41, 5.74) is 1.57. The first-order valence-corrected chi connectivity index (χ1v) is 6.84. The zero-order valence-electron chi connectivity index (χ0n) is 11.6. The number of aromatic nitrogens is 1. The molecule has 1 aliphatic heterocycles. The lowest BCUT2D eigenvalue weighted by molar-refractivity contribution is 0.0299. The lowest BCUT2D eigenvalue weighted by atomic mass is 10.2. The molecule has 0 radical (unpaired) electrons. The van der Waals surface area contributed by atoms with Crippen LogP contribution in [0.1, 0.15) is 24.3 Å². The fraction of sp³-hybridized carbons (Fsp3) is 0.571. The lowest BCUT2D eigenvalue weighted by Gasteiger charge is -2.27. The van der Waals surface area contributed by atoms with Crippen LogP contribution in [0.5, 0.6) is 0 Å². The van der Waals surface area contributed by atoms with Gasteiger partial charge < -0.3 is 14.5 Å². The minimum absolute atomic E-state index is 0.00249. The van der Waals surface area contributed by atoms with Crippen LogP contribution in [0.4, 0.5) is 5.69 Å². The molecule has 0 N–H and O–H groups in total. The maximum atomic E-state index is 12.3. The summed E-state index contributed by atoms with van der Waals surface area (Å²) in [6, 6.07) is 3.83. The Bertz CT molecular complexity index is 426. The van der Waals surface area contributed by atoms with E-state index in [0.717, 1.165) is 18.8 Å². The summed E-state index contributed by atoms with van der Waals surface area (Å²) in [4.78, 5) is 20.6. The van der Waals surface area contributed by atoms with Gasteiger partial charge in [-0.1, -0.05) is 0 Å². The third-order valence-electron chi connectivity index (χ3n) is 3.39. The summed E-state index contributed by atoms with van der Waals surface area (Å²) in [6.07, 6.45) is 1.71. The standard InChI is InChI=1S/C14H21N3O2/c1-3-16(4-2)12-5-6-15-13(11-12)14(18)17-7-9-19-10-8-17/h5-6,11H,3-4,7-10H2,1-2H3. The van der Waals surface area contributed by atoms with E-state index in [9.17, 15) is 4.79 Å². The predicted octanol–water partition coefficient (Wildman–Crippen LogP) is 1.40. The van der Waals surface area contributed by atoms with Gasteiger partial charge in [0.15, 0.2) is 0 Å². The number of hydrogen-bond acceptors (Lipinski definition) is 4. The monoisotopic (exact) mass is 263 g/mol. The van der Waals surface area contributed by atoms with Crippen LogP contribution < -0.4 is 4.90 Å². The maximum Gasteiger partial charge on any atom is 0.272 e. The maximum absolute atomic E-state index is 12.3. The zero-order valence-corrected chi connectivity index (χ0v) is 11.6. The van der Waals surface area contributed by atoms with E-state index in [1.807, 2.05) is 12.1 Å². The molecular weight excluding hydrogens is 242 g/mol. The van der Waals surface area contributed by atoms with Crippen LogP contribution in [-0.2, 0) is 4.74 Å². The molecule has 19 heavy (non-hydrogen) atoms. The van der Waals surface area contributed by atoms with Gasteiger partial charge in [-0.15, -0.1) is 0 Å². The first kappa shape index (κ1) is 13.8. The second-order valence-corrected chi connectivity index (χ2v) is 4.48. The number of morpholine rings is 1. The number of anilines is 1. The summed E-state index contributed by atoms with van der Waals surface area (Å²) in [7, 11) is 0. The van der Waals surface area contributed by atoms with Crippen molar-refractivity contribution >= 4 is 11.6 Å². The molecular formula is C14H21N3O2. The average Bonchev–Trinajstić information content (AvgIpc) is 2.49. The molecule has 0 aliphatic carbocycles. The fourth-order valence-corrected chi connectivity index (χ4v) is 2.25.